The number of carbonyl (C=O) groups excluding carboxylic acids is 1. The number of nitrogens with one attached hydrogen (secondary N) is 1. The van der Waals surface area contributed by atoms with Crippen LogP contribution in [0, 0.1) is 6.92 Å². The fraction of sp³-hybridized carbons (Fsp3) is 0.0870. The molecule has 1 N–H and O–H groups in total. The third kappa shape index (κ3) is 5.39. The maximum Gasteiger partial charge on any atom is 0.264 e. The lowest BCUT2D eigenvalue weighted by Gasteiger charge is -2.25. The largest absolute Gasteiger partial charge is 0.299 e. The van der Waals surface area contributed by atoms with Crippen molar-refractivity contribution in [1.82, 2.24) is 10.2 Å². The van der Waals surface area contributed by atoms with E-state index in [1.54, 1.807) is 61.5 Å². The standard InChI is InChI=1S/C23H18Cl2N4O3S2/c1-15-7-10-18(25)13-20(15)29(34(31,32)19-5-3-2-4-6-19)14-21(30)26-23-28-27-22(33-23)16-8-11-17(24)12-9-16/h2-13H,14H2,1H3,(H,26,28,30). The molecule has 0 saturated heterocycles. The molecule has 1 aromatic heterocycles. The SMILES string of the molecule is Cc1ccc(Cl)cc1N(CC(=O)Nc1nnc(-c2ccc(Cl)cc2)s1)S(=O)(=O)c1ccccc1. The number of hydrogen-bond acceptors (Lipinski definition) is 6. The zero-order valence-electron chi connectivity index (χ0n) is 17.8. The minimum Gasteiger partial charge on any atom is -0.299 e. The van der Waals surface area contributed by atoms with Crippen molar-refractivity contribution in [2.24, 2.45) is 0 Å². The van der Waals surface area contributed by atoms with E-state index in [4.69, 9.17) is 23.2 Å². The minimum absolute atomic E-state index is 0.0584. The Hall–Kier alpha value is -2.98. The Kier molecular flexibility index (Phi) is 7.18. The number of rotatable bonds is 7. The highest BCUT2D eigenvalue weighted by Crippen LogP contribution is 2.30. The predicted molar refractivity (Wildman–Crippen MR) is 136 cm³/mol. The van der Waals surface area contributed by atoms with E-state index in [0.29, 0.717) is 26.3 Å². The summed E-state index contributed by atoms with van der Waals surface area (Å²) in [5.74, 6) is -0.572. The topological polar surface area (TPSA) is 92.3 Å². The molecule has 0 fully saturated rings. The number of amides is 1. The summed E-state index contributed by atoms with van der Waals surface area (Å²) in [6.45, 7) is 1.27. The second-order valence-electron chi connectivity index (χ2n) is 7.22. The summed E-state index contributed by atoms with van der Waals surface area (Å²) >= 11 is 13.2. The Morgan fingerprint density at radius 1 is 0.971 bits per heavy atom. The number of benzene rings is 3. The summed E-state index contributed by atoms with van der Waals surface area (Å²) in [5.41, 5.74) is 1.76. The molecular weight excluding hydrogens is 515 g/mol. The summed E-state index contributed by atoms with van der Waals surface area (Å²) in [6, 6.07) is 19.8. The molecule has 4 rings (SSSR count). The van der Waals surface area contributed by atoms with Gasteiger partial charge in [-0.15, -0.1) is 10.2 Å². The first-order valence-corrected chi connectivity index (χ1v) is 13.0. The molecule has 0 radical (unpaired) electrons. The van der Waals surface area contributed by atoms with Crippen LogP contribution < -0.4 is 9.62 Å². The van der Waals surface area contributed by atoms with Crippen LogP contribution in [-0.4, -0.2) is 31.1 Å². The Morgan fingerprint density at radius 2 is 1.65 bits per heavy atom. The Morgan fingerprint density at radius 3 is 2.35 bits per heavy atom. The molecule has 0 aliphatic heterocycles. The number of aryl methyl sites for hydroxylation is 1. The molecule has 11 heteroatoms. The predicted octanol–water partition coefficient (Wildman–Crippen LogP) is 5.65. The maximum atomic E-state index is 13.5. The van der Waals surface area contributed by atoms with Gasteiger partial charge in [-0.25, -0.2) is 8.42 Å². The van der Waals surface area contributed by atoms with Crippen LogP contribution in [0.5, 0.6) is 0 Å². The van der Waals surface area contributed by atoms with Crippen LogP contribution in [-0.2, 0) is 14.8 Å². The maximum absolute atomic E-state index is 13.5. The van der Waals surface area contributed by atoms with Gasteiger partial charge in [0.2, 0.25) is 11.0 Å². The fourth-order valence-corrected chi connectivity index (χ4v) is 5.70. The quantitative estimate of drug-likeness (QED) is 0.331. The van der Waals surface area contributed by atoms with Crippen molar-refractivity contribution in [2.45, 2.75) is 11.8 Å². The molecule has 174 valence electrons. The van der Waals surface area contributed by atoms with E-state index in [0.717, 1.165) is 9.87 Å². The van der Waals surface area contributed by atoms with Crippen LogP contribution in [0.2, 0.25) is 10.0 Å². The van der Waals surface area contributed by atoms with E-state index in [2.05, 4.69) is 15.5 Å². The molecule has 0 atom stereocenters. The second-order valence-corrected chi connectivity index (χ2v) is 10.9. The van der Waals surface area contributed by atoms with E-state index >= 15 is 0 Å². The van der Waals surface area contributed by atoms with Gasteiger partial charge in [-0.05, 0) is 48.9 Å². The molecule has 0 spiro atoms. The van der Waals surface area contributed by atoms with Gasteiger partial charge >= 0.3 is 0 Å². The lowest BCUT2D eigenvalue weighted by atomic mass is 10.2. The van der Waals surface area contributed by atoms with E-state index in [1.165, 1.54) is 29.5 Å². The lowest BCUT2D eigenvalue weighted by molar-refractivity contribution is -0.114. The molecule has 0 aliphatic rings. The van der Waals surface area contributed by atoms with Gasteiger partial charge in [0.05, 0.1) is 10.6 Å². The third-order valence-corrected chi connectivity index (χ3v) is 7.97. The molecule has 0 aliphatic carbocycles. The number of aromatic nitrogens is 2. The van der Waals surface area contributed by atoms with Crippen molar-refractivity contribution in [3.63, 3.8) is 0 Å². The van der Waals surface area contributed by atoms with E-state index in [9.17, 15) is 13.2 Å². The number of nitrogens with zero attached hydrogens (tertiary/aromatic N) is 3. The van der Waals surface area contributed by atoms with Crippen LogP contribution in [0.1, 0.15) is 5.56 Å². The van der Waals surface area contributed by atoms with Gasteiger partial charge in [0, 0.05) is 15.6 Å². The van der Waals surface area contributed by atoms with Crippen molar-refractivity contribution >= 4 is 61.3 Å². The zero-order valence-corrected chi connectivity index (χ0v) is 20.9. The van der Waals surface area contributed by atoms with Crippen LogP contribution in [0.3, 0.4) is 0 Å². The summed E-state index contributed by atoms with van der Waals surface area (Å²) in [7, 11) is -4.05. The Balaban J connectivity index is 1.61. The van der Waals surface area contributed by atoms with Gasteiger partial charge in [-0.3, -0.25) is 14.4 Å². The molecule has 1 amide bonds. The number of carbonyl (C=O) groups is 1. The smallest absolute Gasteiger partial charge is 0.264 e. The van der Waals surface area contributed by atoms with Crippen LogP contribution in [0.25, 0.3) is 10.6 Å². The van der Waals surface area contributed by atoms with Crippen molar-refractivity contribution < 1.29 is 13.2 Å². The Labute approximate surface area is 211 Å². The minimum atomic E-state index is -4.05. The number of hydrogen-bond donors (Lipinski definition) is 1. The molecule has 0 unspecified atom stereocenters. The number of halogens is 2. The molecule has 7 nitrogen and oxygen atoms in total. The van der Waals surface area contributed by atoms with Crippen molar-refractivity contribution in [1.29, 1.82) is 0 Å². The highest BCUT2D eigenvalue weighted by Gasteiger charge is 2.28. The molecule has 0 saturated carbocycles. The van der Waals surface area contributed by atoms with Crippen LogP contribution in [0.15, 0.2) is 77.7 Å². The monoisotopic (exact) mass is 532 g/mol. The first-order chi connectivity index (χ1) is 16.2. The van der Waals surface area contributed by atoms with E-state index in [1.807, 2.05) is 0 Å². The van der Waals surface area contributed by atoms with Crippen LogP contribution in [0.4, 0.5) is 10.8 Å². The second kappa shape index (κ2) is 10.1. The van der Waals surface area contributed by atoms with Crippen molar-refractivity contribution in [3.05, 3.63) is 88.4 Å². The highest BCUT2D eigenvalue weighted by molar-refractivity contribution is 7.92. The molecule has 3 aromatic carbocycles. The molecule has 4 aromatic rings. The summed E-state index contributed by atoms with van der Waals surface area (Å²) in [4.78, 5) is 13.0. The molecule has 1 heterocycles. The number of sulfonamides is 1. The van der Waals surface area contributed by atoms with Gasteiger partial charge < -0.3 is 0 Å². The lowest BCUT2D eigenvalue weighted by Crippen LogP contribution is -2.38. The van der Waals surface area contributed by atoms with Gasteiger partial charge in [-0.2, -0.15) is 0 Å². The van der Waals surface area contributed by atoms with Gasteiger partial charge in [0.15, 0.2) is 0 Å². The third-order valence-electron chi connectivity index (χ3n) is 4.82. The fourth-order valence-electron chi connectivity index (χ4n) is 3.14. The van der Waals surface area contributed by atoms with Crippen molar-refractivity contribution in [3.8, 4) is 10.6 Å². The summed E-state index contributed by atoms with van der Waals surface area (Å²) < 4.78 is 28.0. The highest BCUT2D eigenvalue weighted by atomic mass is 35.5. The van der Waals surface area contributed by atoms with Gasteiger partial charge in [0.25, 0.3) is 10.0 Å². The first-order valence-electron chi connectivity index (χ1n) is 9.97. The first kappa shape index (κ1) is 24.2. The van der Waals surface area contributed by atoms with E-state index < -0.39 is 22.5 Å². The van der Waals surface area contributed by atoms with Crippen molar-refractivity contribution in [2.75, 3.05) is 16.2 Å². The average Bonchev–Trinajstić information content (AvgIpc) is 3.28. The van der Waals surface area contributed by atoms with Gasteiger partial charge in [0.1, 0.15) is 11.6 Å². The number of anilines is 2. The molecular formula is C23H18Cl2N4O3S2. The summed E-state index contributed by atoms with van der Waals surface area (Å²) in [6.07, 6.45) is 0. The average molecular weight is 533 g/mol. The Bertz CT molecular complexity index is 1430. The molecule has 0 bridgehead atoms. The molecule has 34 heavy (non-hydrogen) atoms. The zero-order chi connectivity index (χ0) is 24.3. The van der Waals surface area contributed by atoms with Crippen LogP contribution >= 0.6 is 34.5 Å². The normalized spacial score (nSPS) is 11.3. The summed E-state index contributed by atoms with van der Waals surface area (Å²) in [5, 5.41) is 12.5. The van der Waals surface area contributed by atoms with E-state index in [-0.39, 0.29) is 10.0 Å². The van der Waals surface area contributed by atoms with Gasteiger partial charge in [-0.1, -0.05) is 70.9 Å².